The molecular formula is C16H19NO4. The molecule has 3 aliphatic heterocycles. The van der Waals surface area contributed by atoms with E-state index in [0.29, 0.717) is 6.42 Å². The summed E-state index contributed by atoms with van der Waals surface area (Å²) in [4.78, 5) is 2.41. The first-order chi connectivity index (χ1) is 10.2. The fraction of sp³-hybridized carbons (Fsp3) is 0.625. The lowest BCUT2D eigenvalue weighted by Crippen LogP contribution is -2.58. The SMILES string of the molecule is OC1CC(O)C23CCN(Cc4cc5c(cc42)OCO5)C3C1. The standard InChI is InChI=1S/C16H19NO4/c18-10-4-14-16(15(19)5-10)1-2-17(14)7-9-3-12-13(6-11(9)16)21-8-20-12/h3,6,10,14-15,18-19H,1-2,4-5,7-8H2. The lowest BCUT2D eigenvalue weighted by Gasteiger charge is -2.50. The largest absolute Gasteiger partial charge is 0.454 e. The van der Waals surface area contributed by atoms with Crippen molar-refractivity contribution in [2.75, 3.05) is 13.3 Å². The molecule has 0 radical (unpaired) electrons. The predicted molar refractivity (Wildman–Crippen MR) is 74.3 cm³/mol. The zero-order chi connectivity index (χ0) is 14.2. The molecule has 5 rings (SSSR count). The highest BCUT2D eigenvalue weighted by molar-refractivity contribution is 5.54. The Hall–Kier alpha value is -1.30. The van der Waals surface area contributed by atoms with Gasteiger partial charge in [0.15, 0.2) is 11.5 Å². The molecule has 21 heavy (non-hydrogen) atoms. The molecule has 2 N–H and O–H groups in total. The Morgan fingerprint density at radius 2 is 1.95 bits per heavy atom. The zero-order valence-corrected chi connectivity index (χ0v) is 11.8. The molecule has 1 saturated heterocycles. The summed E-state index contributed by atoms with van der Waals surface area (Å²) in [7, 11) is 0. The molecular weight excluding hydrogens is 270 g/mol. The molecule has 1 aromatic carbocycles. The number of nitrogens with zero attached hydrogens (tertiary/aromatic N) is 1. The fourth-order valence-electron chi connectivity index (χ4n) is 5.00. The second kappa shape index (κ2) is 3.91. The predicted octanol–water partition coefficient (Wildman–Crippen LogP) is 0.757. The molecule has 1 saturated carbocycles. The molecule has 0 aromatic heterocycles. The number of aliphatic hydroxyl groups is 2. The van der Waals surface area contributed by atoms with Gasteiger partial charge in [0.1, 0.15) is 0 Å². The quantitative estimate of drug-likeness (QED) is 0.738. The van der Waals surface area contributed by atoms with Crippen molar-refractivity contribution in [2.45, 2.75) is 49.5 Å². The highest BCUT2D eigenvalue weighted by atomic mass is 16.7. The maximum absolute atomic E-state index is 10.8. The fourth-order valence-corrected chi connectivity index (χ4v) is 5.00. The Kier molecular flexibility index (Phi) is 2.28. The van der Waals surface area contributed by atoms with Crippen LogP contribution in [0.5, 0.6) is 11.5 Å². The average Bonchev–Trinajstić information content (AvgIpc) is 3.00. The lowest BCUT2D eigenvalue weighted by atomic mass is 9.61. The highest BCUT2D eigenvalue weighted by Crippen LogP contribution is 2.55. The first kappa shape index (κ1) is 12.3. The van der Waals surface area contributed by atoms with E-state index in [2.05, 4.69) is 17.0 Å². The van der Waals surface area contributed by atoms with Crippen molar-refractivity contribution < 1.29 is 19.7 Å². The van der Waals surface area contributed by atoms with Crippen LogP contribution in [0.3, 0.4) is 0 Å². The molecule has 1 aliphatic carbocycles. The number of benzene rings is 1. The van der Waals surface area contributed by atoms with Gasteiger partial charge in [0.2, 0.25) is 6.79 Å². The van der Waals surface area contributed by atoms with Crippen LogP contribution in [-0.2, 0) is 12.0 Å². The second-order valence-electron chi connectivity index (χ2n) is 6.78. The van der Waals surface area contributed by atoms with Crippen LogP contribution in [0.25, 0.3) is 0 Å². The van der Waals surface area contributed by atoms with Crippen molar-refractivity contribution in [3.8, 4) is 11.5 Å². The van der Waals surface area contributed by atoms with Crippen LogP contribution in [0.4, 0.5) is 0 Å². The molecule has 112 valence electrons. The lowest BCUT2D eigenvalue weighted by molar-refractivity contribution is -0.0500. The van der Waals surface area contributed by atoms with E-state index in [1.54, 1.807) is 0 Å². The number of rotatable bonds is 0. The van der Waals surface area contributed by atoms with E-state index in [1.807, 2.05) is 0 Å². The number of hydrogen-bond donors (Lipinski definition) is 2. The first-order valence-corrected chi connectivity index (χ1v) is 7.71. The molecule has 4 aliphatic rings. The summed E-state index contributed by atoms with van der Waals surface area (Å²) in [6, 6.07) is 4.39. The van der Waals surface area contributed by atoms with Crippen molar-refractivity contribution in [1.82, 2.24) is 4.90 Å². The van der Waals surface area contributed by atoms with E-state index >= 15 is 0 Å². The van der Waals surface area contributed by atoms with Crippen molar-refractivity contribution in [3.05, 3.63) is 23.3 Å². The van der Waals surface area contributed by atoms with Crippen LogP contribution in [0.1, 0.15) is 30.4 Å². The van der Waals surface area contributed by atoms with Gasteiger partial charge in [-0.2, -0.15) is 0 Å². The van der Waals surface area contributed by atoms with Gasteiger partial charge in [0.25, 0.3) is 0 Å². The van der Waals surface area contributed by atoms with Gasteiger partial charge >= 0.3 is 0 Å². The van der Waals surface area contributed by atoms with Gasteiger partial charge in [-0.05, 0) is 42.6 Å². The summed E-state index contributed by atoms with van der Waals surface area (Å²) in [5.74, 6) is 1.61. The number of hydrogen-bond acceptors (Lipinski definition) is 5. The van der Waals surface area contributed by atoms with Crippen molar-refractivity contribution >= 4 is 0 Å². The topological polar surface area (TPSA) is 62.2 Å². The summed E-state index contributed by atoms with van der Waals surface area (Å²) in [6.07, 6.45) is 1.30. The minimum Gasteiger partial charge on any atom is -0.454 e. The smallest absolute Gasteiger partial charge is 0.231 e. The molecule has 0 amide bonds. The Balaban J connectivity index is 1.71. The molecule has 5 atom stereocenters. The minimum absolute atomic E-state index is 0.240. The Morgan fingerprint density at radius 1 is 1.14 bits per heavy atom. The summed E-state index contributed by atoms with van der Waals surface area (Å²) in [5.41, 5.74) is 2.21. The molecule has 2 bridgehead atoms. The third kappa shape index (κ3) is 1.42. The van der Waals surface area contributed by atoms with Gasteiger partial charge < -0.3 is 19.7 Å². The Labute approximate surface area is 123 Å². The van der Waals surface area contributed by atoms with Gasteiger partial charge in [-0.1, -0.05) is 0 Å². The Morgan fingerprint density at radius 3 is 2.81 bits per heavy atom. The van der Waals surface area contributed by atoms with Crippen LogP contribution >= 0.6 is 0 Å². The molecule has 3 heterocycles. The van der Waals surface area contributed by atoms with E-state index in [1.165, 1.54) is 11.1 Å². The van der Waals surface area contributed by atoms with Crippen LogP contribution in [0.2, 0.25) is 0 Å². The highest BCUT2D eigenvalue weighted by Gasteiger charge is 2.59. The maximum Gasteiger partial charge on any atom is 0.231 e. The van der Waals surface area contributed by atoms with E-state index in [4.69, 9.17) is 9.47 Å². The molecule has 0 spiro atoms. The summed E-state index contributed by atoms with van der Waals surface area (Å²) in [6.45, 7) is 2.13. The monoisotopic (exact) mass is 289 g/mol. The van der Waals surface area contributed by atoms with Crippen LogP contribution in [0, 0.1) is 0 Å². The van der Waals surface area contributed by atoms with Gasteiger partial charge in [0.05, 0.1) is 12.2 Å². The minimum atomic E-state index is -0.490. The van der Waals surface area contributed by atoms with Crippen molar-refractivity contribution in [3.63, 3.8) is 0 Å². The summed E-state index contributed by atoms with van der Waals surface area (Å²) in [5, 5.41) is 20.8. The third-order valence-electron chi connectivity index (χ3n) is 5.91. The number of fused-ring (bicyclic) bond motifs is 2. The molecule has 1 aromatic rings. The van der Waals surface area contributed by atoms with Crippen molar-refractivity contribution in [1.29, 1.82) is 0 Å². The molecule has 5 heteroatoms. The number of aliphatic hydroxyl groups excluding tert-OH is 2. The average molecular weight is 289 g/mol. The zero-order valence-electron chi connectivity index (χ0n) is 11.8. The van der Waals surface area contributed by atoms with Gasteiger partial charge in [0, 0.05) is 24.4 Å². The van der Waals surface area contributed by atoms with Gasteiger partial charge in [-0.25, -0.2) is 0 Å². The van der Waals surface area contributed by atoms with Crippen LogP contribution in [0.15, 0.2) is 12.1 Å². The van der Waals surface area contributed by atoms with Crippen LogP contribution in [-0.4, -0.2) is 46.7 Å². The van der Waals surface area contributed by atoms with E-state index in [-0.39, 0.29) is 18.2 Å². The maximum atomic E-state index is 10.8. The van der Waals surface area contributed by atoms with E-state index < -0.39 is 12.2 Å². The molecule has 2 fully saturated rings. The first-order valence-electron chi connectivity index (χ1n) is 7.71. The van der Waals surface area contributed by atoms with Crippen molar-refractivity contribution in [2.24, 2.45) is 0 Å². The summed E-state index contributed by atoms with van der Waals surface area (Å²) >= 11 is 0. The Bertz CT molecular complexity index is 619. The normalized spacial score (nSPS) is 42.6. The van der Waals surface area contributed by atoms with E-state index in [0.717, 1.165) is 37.4 Å². The summed E-state index contributed by atoms with van der Waals surface area (Å²) < 4.78 is 11.0. The van der Waals surface area contributed by atoms with Gasteiger partial charge in [-0.3, -0.25) is 4.90 Å². The molecule has 5 nitrogen and oxygen atoms in total. The van der Waals surface area contributed by atoms with Gasteiger partial charge in [-0.15, -0.1) is 0 Å². The number of ether oxygens (including phenoxy) is 2. The van der Waals surface area contributed by atoms with E-state index in [9.17, 15) is 10.2 Å². The second-order valence-corrected chi connectivity index (χ2v) is 6.78. The van der Waals surface area contributed by atoms with Crippen LogP contribution < -0.4 is 9.47 Å². The molecule has 5 unspecified atom stereocenters. The third-order valence-corrected chi connectivity index (χ3v) is 5.91.